The lowest BCUT2D eigenvalue weighted by atomic mass is 9.98. The molecule has 2 nitrogen and oxygen atoms in total. The molecule has 0 aliphatic carbocycles. The lowest BCUT2D eigenvalue weighted by Crippen LogP contribution is -2.12. The molecule has 9 aromatic rings. The second-order valence-electron chi connectivity index (χ2n) is 16.4. The normalized spacial score (nSPS) is 11.1. The van der Waals surface area contributed by atoms with Gasteiger partial charge in [0.25, 0.3) is 0 Å². The number of nitrogens with zero attached hydrogens (tertiary/aromatic N) is 2. The average molecular weight is 823 g/mol. The van der Waals surface area contributed by atoms with Crippen LogP contribution in [0.15, 0.2) is 231 Å². The van der Waals surface area contributed by atoms with Crippen molar-refractivity contribution in [3.05, 3.63) is 287 Å². The third-order valence-corrected chi connectivity index (χ3v) is 11.8. The van der Waals surface area contributed by atoms with Gasteiger partial charge in [-0.2, -0.15) is 0 Å². The average Bonchev–Trinajstić information content (AvgIpc) is 3.34. The predicted octanol–water partition coefficient (Wildman–Crippen LogP) is 16.3. The number of anilines is 4. The van der Waals surface area contributed by atoms with E-state index in [1.807, 2.05) is 12.1 Å². The fourth-order valence-electron chi connectivity index (χ4n) is 8.44. The van der Waals surface area contributed by atoms with Gasteiger partial charge in [0.1, 0.15) is 0 Å². The zero-order valence-corrected chi connectivity index (χ0v) is 36.8. The molecule has 0 fully saturated rings. The van der Waals surface area contributed by atoms with Crippen molar-refractivity contribution in [2.24, 2.45) is 0 Å². The van der Waals surface area contributed by atoms with E-state index in [0.29, 0.717) is 0 Å². The molecule has 0 saturated carbocycles. The van der Waals surface area contributed by atoms with Gasteiger partial charge in [0.05, 0.1) is 0 Å². The Morgan fingerprint density at radius 3 is 1.12 bits per heavy atom. The molecule has 0 aliphatic heterocycles. The summed E-state index contributed by atoms with van der Waals surface area (Å²) in [6.45, 7) is 8.67. The number of hydrogen-bond acceptors (Lipinski definition) is 2. The highest BCUT2D eigenvalue weighted by Crippen LogP contribution is 2.37. The van der Waals surface area contributed by atoms with Gasteiger partial charge in [0.2, 0.25) is 0 Å². The van der Waals surface area contributed by atoms with Gasteiger partial charge in [-0.1, -0.05) is 193 Å². The Hall–Kier alpha value is -8.12. The van der Waals surface area contributed by atoms with E-state index in [0.717, 1.165) is 50.6 Å². The topological polar surface area (TPSA) is 6.48 Å². The molecule has 0 unspecified atom stereocenters. The van der Waals surface area contributed by atoms with Crippen molar-refractivity contribution in [1.29, 1.82) is 0 Å². The molecule has 0 radical (unpaired) electrons. The molecule has 0 heterocycles. The first-order chi connectivity index (χ1) is 31.4. The summed E-state index contributed by atoms with van der Waals surface area (Å²) >= 11 is 0. The van der Waals surface area contributed by atoms with Gasteiger partial charge in [0.15, 0.2) is 0 Å². The molecule has 64 heavy (non-hydrogen) atoms. The van der Waals surface area contributed by atoms with Crippen molar-refractivity contribution in [3.8, 4) is 22.3 Å². The zero-order valence-electron chi connectivity index (χ0n) is 36.8. The summed E-state index contributed by atoms with van der Waals surface area (Å²) in [5, 5.41) is 0. The molecule has 0 spiro atoms. The van der Waals surface area contributed by atoms with E-state index in [4.69, 9.17) is 0 Å². The Labute approximate surface area is 379 Å². The van der Waals surface area contributed by atoms with E-state index in [9.17, 15) is 0 Å². The van der Waals surface area contributed by atoms with Crippen molar-refractivity contribution >= 4 is 33.9 Å². The third kappa shape index (κ3) is 9.21. The summed E-state index contributed by atoms with van der Waals surface area (Å²) in [5.74, 6) is 0. The van der Waals surface area contributed by atoms with E-state index in [1.165, 1.54) is 50.1 Å². The minimum atomic E-state index is 0.991. The molecule has 0 bridgehead atoms. The van der Waals surface area contributed by atoms with Crippen LogP contribution in [-0.2, 0) is 0 Å². The predicted molar refractivity (Wildman–Crippen MR) is 271 cm³/mol. The van der Waals surface area contributed by atoms with E-state index in [-0.39, 0.29) is 0 Å². The van der Waals surface area contributed by atoms with Crippen molar-refractivity contribution in [2.75, 3.05) is 9.80 Å². The summed E-state index contributed by atoms with van der Waals surface area (Å²) in [6.07, 6.45) is 4.53. The molecule has 9 rings (SSSR count). The molecular formula is C62H50N2. The fourth-order valence-corrected chi connectivity index (χ4v) is 8.44. The molecule has 9 aromatic carbocycles. The first kappa shape index (κ1) is 41.2. The highest BCUT2D eigenvalue weighted by molar-refractivity contribution is 5.86. The van der Waals surface area contributed by atoms with Crippen LogP contribution in [0.3, 0.4) is 0 Å². The van der Waals surface area contributed by atoms with Crippen LogP contribution in [0, 0.1) is 39.8 Å². The highest BCUT2D eigenvalue weighted by Gasteiger charge is 2.17. The van der Waals surface area contributed by atoms with Gasteiger partial charge < -0.3 is 9.80 Å². The molecule has 0 N–H and O–H groups in total. The van der Waals surface area contributed by atoms with Crippen molar-refractivity contribution in [1.82, 2.24) is 0 Å². The molecule has 0 saturated heterocycles. The van der Waals surface area contributed by atoms with Crippen molar-refractivity contribution in [3.63, 3.8) is 0 Å². The van der Waals surface area contributed by atoms with Gasteiger partial charge in [-0.15, -0.1) is 0 Å². The van der Waals surface area contributed by atoms with Crippen LogP contribution in [-0.4, -0.2) is 0 Å². The second kappa shape index (κ2) is 18.9. The van der Waals surface area contributed by atoms with Crippen LogP contribution in [0.2, 0.25) is 0 Å². The minimum Gasteiger partial charge on any atom is -0.316 e. The van der Waals surface area contributed by atoms with Gasteiger partial charge in [0, 0.05) is 51.9 Å². The van der Waals surface area contributed by atoms with E-state index < -0.39 is 0 Å². The fraction of sp³-hybridized carbons (Fsp3) is 0.0645. The number of aryl methyl sites for hydroxylation is 4. The Bertz CT molecular complexity index is 2730. The smallest absolute Gasteiger partial charge is 0.0485 e. The first-order valence-corrected chi connectivity index (χ1v) is 21.9. The second-order valence-corrected chi connectivity index (χ2v) is 16.4. The van der Waals surface area contributed by atoms with Crippen LogP contribution >= 0.6 is 0 Å². The summed E-state index contributed by atoms with van der Waals surface area (Å²) in [5.41, 5.74) is 20.7. The summed E-state index contributed by atoms with van der Waals surface area (Å²) < 4.78 is 0. The maximum Gasteiger partial charge on any atom is 0.0485 e. The molecule has 308 valence electrons. The summed E-state index contributed by atoms with van der Waals surface area (Å²) in [7, 11) is 0. The van der Waals surface area contributed by atoms with Gasteiger partial charge in [-0.25, -0.2) is 0 Å². The van der Waals surface area contributed by atoms with Crippen LogP contribution < -0.4 is 9.80 Å². The van der Waals surface area contributed by atoms with E-state index in [1.54, 1.807) is 0 Å². The summed E-state index contributed by atoms with van der Waals surface area (Å²) in [4.78, 5) is 4.63. The van der Waals surface area contributed by atoms with E-state index in [2.05, 4.69) is 268 Å². The molecule has 0 aromatic heterocycles. The Balaban J connectivity index is 1.02. The quantitative estimate of drug-likeness (QED) is 0.121. The van der Waals surface area contributed by atoms with Crippen LogP contribution in [0.1, 0.15) is 44.5 Å². The standard InChI is InChI=1S/C62H50N2/c1-45-25-39-61(47(3)41-45)63(43-59(53-17-9-5-10-18-53)54-19-11-6-12-20-54)57-35-31-51(32-36-57)49-27-29-50(30-28-49)52-33-37-58(38-34-52)64(62-40-26-46(2)42-48(62)4)44-60(55-21-13-7-14-22-55)56-23-15-8-16-24-56/h5-15,17-23,25-44H,1-4H3/b60-44+. The number of rotatable bonds is 12. The zero-order chi connectivity index (χ0) is 43.8. The lowest BCUT2D eigenvalue weighted by Gasteiger charge is -2.25. The molecule has 2 heteroatoms. The monoisotopic (exact) mass is 822 g/mol. The molecule has 0 amide bonds. The largest absolute Gasteiger partial charge is 0.316 e. The maximum absolute atomic E-state index is 3.36. The SMILES string of the molecule is Cc1ccc(N(C=C(c2ccccc2)c2ccccc2)c2ccc(-c3ccc(-c4ccc(N(/C=C(/c5c#cccc5)c5ccccc5)c5ccc(C)cc5C)cc4)cc3)cc2)c(C)c1. The molecular weight excluding hydrogens is 773 g/mol. The maximum atomic E-state index is 3.36. The van der Waals surface area contributed by atoms with Gasteiger partial charge in [-0.05, 0) is 126 Å². The Kier molecular flexibility index (Phi) is 12.2. The van der Waals surface area contributed by atoms with Crippen molar-refractivity contribution in [2.45, 2.75) is 27.7 Å². The Morgan fingerprint density at radius 2 is 0.750 bits per heavy atom. The highest BCUT2D eigenvalue weighted by atomic mass is 15.1. The van der Waals surface area contributed by atoms with Gasteiger partial charge in [-0.3, -0.25) is 0 Å². The number of benzene rings is 8. The van der Waals surface area contributed by atoms with Crippen LogP contribution in [0.5, 0.6) is 0 Å². The lowest BCUT2D eigenvalue weighted by molar-refractivity contribution is 1.23. The van der Waals surface area contributed by atoms with Crippen LogP contribution in [0.25, 0.3) is 33.4 Å². The first-order valence-electron chi connectivity index (χ1n) is 21.9. The summed E-state index contributed by atoms with van der Waals surface area (Å²) in [6, 6.07) is 84.5. The molecule has 0 aliphatic rings. The molecule has 0 atom stereocenters. The van der Waals surface area contributed by atoms with Gasteiger partial charge >= 0.3 is 0 Å². The van der Waals surface area contributed by atoms with E-state index >= 15 is 0 Å². The number of hydrogen-bond donors (Lipinski definition) is 0. The Morgan fingerprint density at radius 1 is 0.375 bits per heavy atom. The van der Waals surface area contributed by atoms with Crippen molar-refractivity contribution < 1.29 is 0 Å². The third-order valence-electron chi connectivity index (χ3n) is 11.8. The van der Waals surface area contributed by atoms with Crippen LogP contribution in [0.4, 0.5) is 22.7 Å². The minimum absolute atomic E-state index is 0.991.